The predicted molar refractivity (Wildman–Crippen MR) is 94.5 cm³/mol. The van der Waals surface area contributed by atoms with E-state index in [1.54, 1.807) is 24.4 Å². The van der Waals surface area contributed by atoms with Crippen molar-refractivity contribution in [2.45, 2.75) is 0 Å². The molecule has 0 spiro atoms. The minimum absolute atomic E-state index is 0.168. The molecule has 0 heterocycles. The quantitative estimate of drug-likeness (QED) is 0.547. The van der Waals surface area contributed by atoms with Crippen molar-refractivity contribution in [1.82, 2.24) is 5.43 Å². The van der Waals surface area contributed by atoms with Gasteiger partial charge >= 0.3 is 0 Å². The van der Waals surface area contributed by atoms with Crippen molar-refractivity contribution in [3.05, 3.63) is 62.0 Å². The SMILES string of the molecule is O=C(COc1ccc(Br)cc1Cl)N/N=C/c1ccc(Br)cc1. The number of ether oxygens (including phenoxy) is 1. The van der Waals surface area contributed by atoms with Crippen molar-refractivity contribution in [3.63, 3.8) is 0 Å². The number of hydrazone groups is 1. The highest BCUT2D eigenvalue weighted by Gasteiger charge is 2.05. The van der Waals surface area contributed by atoms with Gasteiger partial charge < -0.3 is 4.74 Å². The minimum Gasteiger partial charge on any atom is -0.482 e. The molecule has 114 valence electrons. The molecule has 1 N–H and O–H groups in total. The van der Waals surface area contributed by atoms with Gasteiger partial charge in [0.15, 0.2) is 6.61 Å². The van der Waals surface area contributed by atoms with Crippen LogP contribution in [0.15, 0.2) is 56.5 Å². The lowest BCUT2D eigenvalue weighted by Crippen LogP contribution is -2.24. The molecule has 2 aromatic rings. The summed E-state index contributed by atoms with van der Waals surface area (Å²) in [5, 5.41) is 4.29. The molecule has 0 aromatic heterocycles. The first kappa shape index (κ1) is 17.0. The molecule has 0 aliphatic heterocycles. The Bertz CT molecular complexity index is 690. The van der Waals surface area contributed by atoms with Gasteiger partial charge in [0, 0.05) is 8.95 Å². The van der Waals surface area contributed by atoms with Crippen molar-refractivity contribution in [1.29, 1.82) is 0 Å². The van der Waals surface area contributed by atoms with E-state index in [1.165, 1.54) is 0 Å². The van der Waals surface area contributed by atoms with E-state index in [2.05, 4.69) is 42.4 Å². The van der Waals surface area contributed by atoms with Gasteiger partial charge in [-0.15, -0.1) is 0 Å². The molecule has 4 nitrogen and oxygen atoms in total. The number of hydrogen-bond donors (Lipinski definition) is 1. The third kappa shape index (κ3) is 5.44. The number of halogens is 3. The van der Waals surface area contributed by atoms with Gasteiger partial charge in [-0.3, -0.25) is 4.79 Å². The van der Waals surface area contributed by atoms with Gasteiger partial charge in [0.1, 0.15) is 5.75 Å². The molecule has 7 heteroatoms. The first-order chi connectivity index (χ1) is 10.5. The van der Waals surface area contributed by atoms with Crippen LogP contribution in [0.5, 0.6) is 5.75 Å². The van der Waals surface area contributed by atoms with Gasteiger partial charge in [0.2, 0.25) is 0 Å². The highest BCUT2D eigenvalue weighted by Crippen LogP contribution is 2.27. The molecule has 0 saturated carbocycles. The van der Waals surface area contributed by atoms with Gasteiger partial charge in [0.25, 0.3) is 5.91 Å². The van der Waals surface area contributed by atoms with Crippen LogP contribution in [0.4, 0.5) is 0 Å². The Morgan fingerprint density at radius 3 is 2.55 bits per heavy atom. The largest absolute Gasteiger partial charge is 0.482 e. The molecule has 0 atom stereocenters. The Hall–Kier alpha value is -1.37. The smallest absolute Gasteiger partial charge is 0.277 e. The molecular formula is C15H11Br2ClN2O2. The van der Waals surface area contributed by atoms with Crippen molar-refractivity contribution in [2.24, 2.45) is 5.10 Å². The second-order valence-corrected chi connectivity index (χ2v) is 6.45. The zero-order valence-electron chi connectivity index (χ0n) is 11.2. The number of nitrogens with zero attached hydrogens (tertiary/aromatic N) is 1. The third-order valence-electron chi connectivity index (χ3n) is 2.53. The highest BCUT2D eigenvalue weighted by molar-refractivity contribution is 9.10. The van der Waals surface area contributed by atoms with Gasteiger partial charge in [-0.25, -0.2) is 5.43 Å². The van der Waals surface area contributed by atoms with Crippen LogP contribution in [0.2, 0.25) is 5.02 Å². The number of benzene rings is 2. The predicted octanol–water partition coefficient (Wildman–Crippen LogP) is 4.39. The van der Waals surface area contributed by atoms with E-state index in [0.717, 1.165) is 14.5 Å². The van der Waals surface area contributed by atoms with Crippen molar-refractivity contribution < 1.29 is 9.53 Å². The van der Waals surface area contributed by atoms with E-state index in [-0.39, 0.29) is 12.5 Å². The number of rotatable bonds is 5. The van der Waals surface area contributed by atoms with E-state index < -0.39 is 0 Å². The Labute approximate surface area is 149 Å². The van der Waals surface area contributed by atoms with Crippen LogP contribution in [0, 0.1) is 0 Å². The minimum atomic E-state index is -0.368. The molecule has 0 aliphatic rings. The Balaban J connectivity index is 1.81. The van der Waals surface area contributed by atoms with Gasteiger partial charge in [-0.1, -0.05) is 55.6 Å². The van der Waals surface area contributed by atoms with Crippen LogP contribution in [-0.2, 0) is 4.79 Å². The first-order valence-corrected chi connectivity index (χ1v) is 8.16. The average molecular weight is 447 g/mol. The maximum absolute atomic E-state index is 11.6. The monoisotopic (exact) mass is 444 g/mol. The Morgan fingerprint density at radius 2 is 1.86 bits per heavy atom. The van der Waals surface area contributed by atoms with E-state index >= 15 is 0 Å². The first-order valence-electron chi connectivity index (χ1n) is 6.20. The van der Waals surface area contributed by atoms with Crippen LogP contribution in [-0.4, -0.2) is 18.7 Å². The summed E-state index contributed by atoms with van der Waals surface area (Å²) in [5.74, 6) is 0.0734. The van der Waals surface area contributed by atoms with Crippen LogP contribution in [0.3, 0.4) is 0 Å². The molecule has 0 fully saturated rings. The maximum Gasteiger partial charge on any atom is 0.277 e. The summed E-state index contributed by atoms with van der Waals surface area (Å²) >= 11 is 12.6. The second kappa shape index (κ2) is 8.31. The van der Waals surface area contributed by atoms with E-state index in [0.29, 0.717) is 10.8 Å². The Kier molecular flexibility index (Phi) is 6.42. The second-order valence-electron chi connectivity index (χ2n) is 4.21. The lowest BCUT2D eigenvalue weighted by Gasteiger charge is -2.07. The highest BCUT2D eigenvalue weighted by atomic mass is 79.9. The van der Waals surface area contributed by atoms with Gasteiger partial charge in [0.05, 0.1) is 11.2 Å². The fraction of sp³-hybridized carbons (Fsp3) is 0.0667. The summed E-state index contributed by atoms with van der Waals surface area (Å²) in [4.78, 5) is 11.6. The van der Waals surface area contributed by atoms with Crippen molar-refractivity contribution in [3.8, 4) is 5.75 Å². The molecule has 0 saturated heterocycles. The fourth-order valence-corrected chi connectivity index (χ4v) is 2.49. The molecule has 2 aromatic carbocycles. The topological polar surface area (TPSA) is 50.7 Å². The van der Waals surface area contributed by atoms with Crippen molar-refractivity contribution >= 4 is 55.6 Å². The number of carbonyl (C=O) groups is 1. The summed E-state index contributed by atoms with van der Waals surface area (Å²) in [6.45, 7) is -0.168. The van der Waals surface area contributed by atoms with E-state index in [1.807, 2.05) is 24.3 Å². The molecule has 2 rings (SSSR count). The summed E-state index contributed by atoms with van der Waals surface area (Å²) in [6.07, 6.45) is 1.55. The normalized spacial score (nSPS) is 10.7. The number of amides is 1. The summed E-state index contributed by atoms with van der Waals surface area (Å²) in [7, 11) is 0. The summed E-state index contributed by atoms with van der Waals surface area (Å²) in [6, 6.07) is 12.7. The molecule has 1 amide bonds. The lowest BCUT2D eigenvalue weighted by molar-refractivity contribution is -0.123. The summed E-state index contributed by atoms with van der Waals surface area (Å²) < 4.78 is 7.15. The molecule has 0 bridgehead atoms. The van der Waals surface area contributed by atoms with Crippen LogP contribution < -0.4 is 10.2 Å². The zero-order chi connectivity index (χ0) is 15.9. The maximum atomic E-state index is 11.6. The molecular weight excluding hydrogens is 435 g/mol. The summed E-state index contributed by atoms with van der Waals surface area (Å²) in [5.41, 5.74) is 3.26. The van der Waals surface area contributed by atoms with Crippen molar-refractivity contribution in [2.75, 3.05) is 6.61 Å². The van der Waals surface area contributed by atoms with E-state index in [4.69, 9.17) is 16.3 Å². The zero-order valence-corrected chi connectivity index (χ0v) is 15.2. The average Bonchev–Trinajstić information content (AvgIpc) is 2.48. The van der Waals surface area contributed by atoms with Gasteiger partial charge in [-0.2, -0.15) is 5.10 Å². The fourth-order valence-electron chi connectivity index (χ4n) is 1.50. The van der Waals surface area contributed by atoms with Crippen LogP contribution in [0.25, 0.3) is 0 Å². The number of nitrogens with one attached hydrogen (secondary N) is 1. The standard InChI is InChI=1S/C15H11Br2ClN2O2/c16-11-3-1-10(2-4-11)8-19-20-15(21)9-22-14-6-5-12(17)7-13(14)18/h1-8H,9H2,(H,20,21)/b19-8+. The molecule has 0 aliphatic carbocycles. The van der Waals surface area contributed by atoms with Gasteiger partial charge in [-0.05, 0) is 35.9 Å². The number of hydrogen-bond acceptors (Lipinski definition) is 3. The van der Waals surface area contributed by atoms with Crippen LogP contribution in [0.1, 0.15) is 5.56 Å². The molecule has 0 unspecified atom stereocenters. The Morgan fingerprint density at radius 1 is 1.18 bits per heavy atom. The third-order valence-corrected chi connectivity index (χ3v) is 3.84. The number of carbonyl (C=O) groups excluding carboxylic acids is 1. The van der Waals surface area contributed by atoms with Crippen LogP contribution >= 0.6 is 43.5 Å². The molecule has 0 radical (unpaired) electrons. The lowest BCUT2D eigenvalue weighted by atomic mass is 10.2. The molecule has 22 heavy (non-hydrogen) atoms. The van der Waals surface area contributed by atoms with E-state index in [9.17, 15) is 4.79 Å².